The number of benzene rings is 1. The number of carbonyl (C=O) groups excluding carboxylic acids is 4. The Kier molecular flexibility index (Phi) is 6.68. The van der Waals surface area contributed by atoms with Crippen molar-refractivity contribution in [2.24, 2.45) is 22.7 Å². The van der Waals surface area contributed by atoms with Gasteiger partial charge < -0.3 is 20.9 Å². The largest absolute Gasteiger partial charge is 0.349 e. The summed E-state index contributed by atoms with van der Waals surface area (Å²) in [6.07, 6.45) is 0.200. The van der Waals surface area contributed by atoms with Crippen molar-refractivity contribution in [1.29, 1.82) is 5.26 Å². The van der Waals surface area contributed by atoms with Gasteiger partial charge in [-0.2, -0.15) is 5.26 Å². The summed E-state index contributed by atoms with van der Waals surface area (Å²) in [5, 5.41) is 18.6. The molecule has 1 unspecified atom stereocenters. The molecule has 0 radical (unpaired) electrons. The molecule has 0 bridgehead atoms. The Labute approximate surface area is 217 Å². The smallest absolute Gasteiger partial charge is 0.246 e. The summed E-state index contributed by atoms with van der Waals surface area (Å²) in [6, 6.07) is 7.22. The van der Waals surface area contributed by atoms with Gasteiger partial charge in [0.15, 0.2) is 0 Å². The fraction of sp³-hybridized carbons (Fsp3) is 0.571. The molecule has 6 atom stereocenters. The second kappa shape index (κ2) is 9.35. The van der Waals surface area contributed by atoms with E-state index in [9.17, 15) is 24.4 Å². The van der Waals surface area contributed by atoms with Gasteiger partial charge in [-0.05, 0) is 40.7 Å². The summed E-state index contributed by atoms with van der Waals surface area (Å²) in [4.78, 5) is 52.4. The van der Waals surface area contributed by atoms with Gasteiger partial charge in [0.05, 0.1) is 6.07 Å². The zero-order valence-electron chi connectivity index (χ0n) is 22.2. The van der Waals surface area contributed by atoms with Crippen molar-refractivity contribution in [2.75, 3.05) is 11.9 Å². The minimum atomic E-state index is -0.875. The lowest BCUT2D eigenvalue weighted by molar-refractivity contribution is -0.145. The van der Waals surface area contributed by atoms with Gasteiger partial charge in [0, 0.05) is 25.1 Å². The summed E-state index contributed by atoms with van der Waals surface area (Å²) in [5.74, 6) is 0.684. The normalized spacial score (nSPS) is 26.5. The van der Waals surface area contributed by atoms with Crippen molar-refractivity contribution in [3.63, 3.8) is 0 Å². The van der Waals surface area contributed by atoms with Crippen LogP contribution in [0.4, 0.5) is 5.69 Å². The molecule has 1 aromatic rings. The summed E-state index contributed by atoms with van der Waals surface area (Å²) in [6.45, 7) is 11.6. The van der Waals surface area contributed by atoms with Crippen LogP contribution in [0.15, 0.2) is 30.0 Å². The van der Waals surface area contributed by atoms with E-state index in [1.54, 1.807) is 4.90 Å². The molecule has 37 heavy (non-hydrogen) atoms. The maximum Gasteiger partial charge on any atom is 0.246 e. The van der Waals surface area contributed by atoms with Gasteiger partial charge in [-0.15, -0.1) is 0 Å². The topological polar surface area (TPSA) is 131 Å². The van der Waals surface area contributed by atoms with Crippen molar-refractivity contribution in [3.8, 4) is 6.07 Å². The molecule has 2 heterocycles. The molecule has 196 valence electrons. The molecule has 1 aliphatic carbocycles. The van der Waals surface area contributed by atoms with E-state index in [0.29, 0.717) is 12.2 Å². The third-order valence-corrected chi connectivity index (χ3v) is 8.23. The van der Waals surface area contributed by atoms with Crippen molar-refractivity contribution in [3.05, 3.63) is 35.5 Å². The maximum absolute atomic E-state index is 13.7. The van der Waals surface area contributed by atoms with Crippen LogP contribution >= 0.6 is 0 Å². The molecule has 1 saturated carbocycles. The molecule has 4 rings (SSSR count). The molecule has 0 aromatic heterocycles. The lowest BCUT2D eigenvalue weighted by Crippen LogP contribution is -2.59. The minimum Gasteiger partial charge on any atom is -0.349 e. The molecular weight excluding hydrogens is 470 g/mol. The van der Waals surface area contributed by atoms with Gasteiger partial charge >= 0.3 is 0 Å². The molecule has 1 saturated heterocycles. The highest BCUT2D eigenvalue weighted by atomic mass is 16.2. The van der Waals surface area contributed by atoms with Gasteiger partial charge in [0.2, 0.25) is 17.7 Å². The predicted octanol–water partition coefficient (Wildman–Crippen LogP) is 2.34. The molecule has 9 nitrogen and oxygen atoms in total. The van der Waals surface area contributed by atoms with E-state index in [-0.39, 0.29) is 41.4 Å². The highest BCUT2D eigenvalue weighted by Crippen LogP contribution is 2.65. The lowest BCUT2D eigenvalue weighted by atomic mass is 9.85. The Morgan fingerprint density at radius 3 is 2.49 bits per heavy atom. The molecule has 1 aromatic carbocycles. The third-order valence-electron chi connectivity index (χ3n) is 8.23. The number of anilines is 1. The Morgan fingerprint density at radius 2 is 1.89 bits per heavy atom. The number of para-hydroxylation sites is 1. The first kappa shape index (κ1) is 26.4. The summed E-state index contributed by atoms with van der Waals surface area (Å²) in [5.41, 5.74) is 1.34. The minimum absolute atomic E-state index is 0.0342. The van der Waals surface area contributed by atoms with E-state index >= 15 is 0 Å². The van der Waals surface area contributed by atoms with Gasteiger partial charge in [-0.3, -0.25) is 14.4 Å². The predicted molar refractivity (Wildman–Crippen MR) is 137 cm³/mol. The highest BCUT2D eigenvalue weighted by Gasteiger charge is 2.69. The van der Waals surface area contributed by atoms with Crippen LogP contribution < -0.4 is 16.0 Å². The van der Waals surface area contributed by atoms with E-state index in [1.807, 2.05) is 51.0 Å². The van der Waals surface area contributed by atoms with Crippen LogP contribution in [0.1, 0.15) is 59.4 Å². The number of hydrogen-bond acceptors (Lipinski definition) is 6. The van der Waals surface area contributed by atoms with Crippen LogP contribution in [0.25, 0.3) is 0 Å². The number of likely N-dealkylation sites (tertiary alicyclic amines) is 1. The second-order valence-electron chi connectivity index (χ2n) is 12.1. The number of rotatable bonds is 6. The average molecular weight is 506 g/mol. The number of allylic oxidation sites excluding steroid dienone is 1. The summed E-state index contributed by atoms with van der Waals surface area (Å²) in [7, 11) is 0. The highest BCUT2D eigenvalue weighted by molar-refractivity contribution is 5.94. The molecule has 9 heteroatoms. The molecular formula is C28H35N5O4. The Morgan fingerprint density at radius 1 is 1.22 bits per heavy atom. The van der Waals surface area contributed by atoms with Crippen molar-refractivity contribution >= 4 is 29.4 Å². The number of carbonyl (C=O) groups is 3. The SMILES string of the molecule is CC(=O)N[C@H](C(=O)N1C[C@H]2[C@@H]([C@H]1C(=O)N[C@H](C#N)CC1C(=C=O)Nc3ccccc31)C2(C)C)C(C)(C)C. The Balaban J connectivity index is 1.55. The van der Waals surface area contributed by atoms with E-state index in [0.717, 1.165) is 11.3 Å². The second-order valence-corrected chi connectivity index (χ2v) is 12.1. The first-order chi connectivity index (χ1) is 17.3. The fourth-order valence-corrected chi connectivity index (χ4v) is 6.11. The number of nitriles is 1. The van der Waals surface area contributed by atoms with Crippen molar-refractivity contribution in [1.82, 2.24) is 15.5 Å². The zero-order chi connectivity index (χ0) is 27.3. The number of amides is 3. The first-order valence-corrected chi connectivity index (χ1v) is 12.7. The van der Waals surface area contributed by atoms with Crippen LogP contribution in [0.5, 0.6) is 0 Å². The molecule has 2 fully saturated rings. The first-order valence-electron chi connectivity index (χ1n) is 12.7. The Hall–Kier alpha value is -3.63. The number of hydrogen-bond donors (Lipinski definition) is 3. The van der Waals surface area contributed by atoms with Gasteiger partial charge in [-0.1, -0.05) is 52.8 Å². The van der Waals surface area contributed by atoms with Crippen LogP contribution in [-0.4, -0.2) is 53.2 Å². The molecule has 3 amide bonds. The molecule has 2 aliphatic heterocycles. The average Bonchev–Trinajstić information content (AvgIpc) is 3.15. The number of nitrogens with zero attached hydrogens (tertiary/aromatic N) is 2. The van der Waals surface area contributed by atoms with E-state index in [1.165, 1.54) is 6.92 Å². The quantitative estimate of drug-likeness (QED) is 0.509. The number of fused-ring (bicyclic) bond motifs is 2. The van der Waals surface area contributed by atoms with E-state index in [4.69, 9.17) is 0 Å². The third kappa shape index (κ3) is 4.74. The fourth-order valence-electron chi connectivity index (χ4n) is 6.11. The van der Waals surface area contributed by atoms with Crippen molar-refractivity contribution in [2.45, 2.75) is 72.0 Å². The lowest BCUT2D eigenvalue weighted by Gasteiger charge is -2.37. The maximum atomic E-state index is 13.7. The van der Waals surface area contributed by atoms with E-state index in [2.05, 4.69) is 35.9 Å². The summed E-state index contributed by atoms with van der Waals surface area (Å²) >= 11 is 0. The monoisotopic (exact) mass is 505 g/mol. The molecule has 0 spiro atoms. The van der Waals surface area contributed by atoms with Crippen LogP contribution in [0, 0.1) is 34.0 Å². The van der Waals surface area contributed by atoms with E-state index < -0.39 is 29.5 Å². The zero-order valence-corrected chi connectivity index (χ0v) is 22.2. The van der Waals surface area contributed by atoms with Crippen LogP contribution in [0.2, 0.25) is 0 Å². The van der Waals surface area contributed by atoms with Gasteiger partial charge in [-0.25, -0.2) is 4.79 Å². The standard InChI is InChI=1S/C28H35N5O4/c1-15(35)30-24(27(2,3)4)26(37)33-13-19-22(28(19,5)6)23(33)25(36)31-16(12-29)11-18-17-9-7-8-10-20(17)32-21(18)14-34/h7-10,16,18-19,22-24,32H,11,13H2,1-6H3,(H,30,35)(H,31,36)/t16-,18?,19-,22-,23-,24+/m0/s1. The molecule has 3 N–H and O–H groups in total. The van der Waals surface area contributed by atoms with Gasteiger partial charge in [0.25, 0.3) is 0 Å². The van der Waals surface area contributed by atoms with Crippen LogP contribution in [-0.2, 0) is 19.2 Å². The summed E-state index contributed by atoms with van der Waals surface area (Å²) < 4.78 is 0. The van der Waals surface area contributed by atoms with Crippen LogP contribution in [0.3, 0.4) is 0 Å². The Bertz CT molecular complexity index is 1220. The number of nitrogens with one attached hydrogen (secondary N) is 3. The molecule has 3 aliphatic rings. The van der Waals surface area contributed by atoms with Crippen molar-refractivity contribution < 1.29 is 19.2 Å². The number of piperidine rings is 1. The van der Waals surface area contributed by atoms with Gasteiger partial charge in [0.1, 0.15) is 29.8 Å².